The molecular weight excluding hydrogens is 671 g/mol. The summed E-state index contributed by atoms with van der Waals surface area (Å²) in [6.07, 6.45) is -1.28. The van der Waals surface area contributed by atoms with Crippen LogP contribution in [0.2, 0.25) is 5.02 Å². The Morgan fingerprint density at radius 3 is 2.33 bits per heavy atom. The molecule has 1 atom stereocenters. The zero-order valence-electron chi connectivity index (χ0n) is 23.2. The first-order chi connectivity index (χ1) is 20.3. The van der Waals surface area contributed by atoms with Crippen molar-refractivity contribution in [2.24, 2.45) is 0 Å². The van der Waals surface area contributed by atoms with Crippen LogP contribution in [0.3, 0.4) is 0 Å². The molecule has 0 aromatic heterocycles. The molecule has 1 saturated carbocycles. The van der Waals surface area contributed by atoms with Crippen LogP contribution in [0.25, 0.3) is 0 Å². The molecule has 0 aliphatic heterocycles. The first-order valence-electron chi connectivity index (χ1n) is 13.6. The summed E-state index contributed by atoms with van der Waals surface area (Å²) < 4.78 is 70.3. The second-order valence-electron chi connectivity index (χ2n) is 10.3. The summed E-state index contributed by atoms with van der Waals surface area (Å²) in [4.78, 5) is 28.3. The molecule has 230 valence electrons. The van der Waals surface area contributed by atoms with Crippen molar-refractivity contribution in [3.05, 3.63) is 93.4 Å². The normalized spacial score (nSPS) is 14.7. The molecule has 43 heavy (non-hydrogen) atoms. The predicted molar refractivity (Wildman–Crippen MR) is 162 cm³/mol. The van der Waals surface area contributed by atoms with Crippen molar-refractivity contribution >= 4 is 55.1 Å². The number of carbonyl (C=O) groups excluding carboxylic acids is 2. The van der Waals surface area contributed by atoms with Gasteiger partial charge in [-0.15, -0.1) is 0 Å². The van der Waals surface area contributed by atoms with Gasteiger partial charge < -0.3 is 10.2 Å². The van der Waals surface area contributed by atoms with E-state index in [1.165, 1.54) is 29.2 Å². The van der Waals surface area contributed by atoms with Crippen molar-refractivity contribution < 1.29 is 31.2 Å². The van der Waals surface area contributed by atoms with E-state index in [0.717, 1.165) is 42.3 Å². The van der Waals surface area contributed by atoms with Crippen LogP contribution in [-0.2, 0) is 32.3 Å². The molecule has 0 heterocycles. The predicted octanol–water partition coefficient (Wildman–Crippen LogP) is 6.79. The summed E-state index contributed by atoms with van der Waals surface area (Å²) >= 11 is 9.20. The summed E-state index contributed by atoms with van der Waals surface area (Å²) in [6.45, 7) is 0.622. The van der Waals surface area contributed by atoms with Gasteiger partial charge in [-0.25, -0.2) is 8.42 Å². The Labute approximate surface area is 262 Å². The highest BCUT2D eigenvalue weighted by molar-refractivity contribution is 9.10. The molecule has 1 N–H and O–H groups in total. The van der Waals surface area contributed by atoms with Crippen LogP contribution in [0.15, 0.2) is 82.2 Å². The Morgan fingerprint density at radius 1 is 1.02 bits per heavy atom. The molecule has 1 aliphatic carbocycles. The van der Waals surface area contributed by atoms with Gasteiger partial charge >= 0.3 is 6.18 Å². The molecule has 0 saturated heterocycles. The number of benzene rings is 3. The van der Waals surface area contributed by atoms with E-state index in [1.807, 2.05) is 0 Å². The molecule has 3 aromatic carbocycles. The first kappa shape index (κ1) is 32.8. The van der Waals surface area contributed by atoms with Gasteiger partial charge in [-0.3, -0.25) is 13.9 Å². The van der Waals surface area contributed by atoms with E-state index in [-0.39, 0.29) is 17.5 Å². The SMILES string of the molecule is CC(C(=O)NC1CCCC1)N(Cc1cccc(Br)c1)C(=O)CN(c1ccc(Cl)c(C(F)(F)F)c1)S(=O)(=O)c1ccccc1. The van der Waals surface area contributed by atoms with Crippen LogP contribution in [0.4, 0.5) is 18.9 Å². The van der Waals surface area contributed by atoms with Gasteiger partial charge in [-0.2, -0.15) is 13.2 Å². The van der Waals surface area contributed by atoms with E-state index in [2.05, 4.69) is 21.2 Å². The lowest BCUT2D eigenvalue weighted by molar-refractivity contribution is -0.139. The Morgan fingerprint density at radius 2 is 1.70 bits per heavy atom. The molecule has 0 bridgehead atoms. The maximum Gasteiger partial charge on any atom is 0.417 e. The highest BCUT2D eigenvalue weighted by atomic mass is 79.9. The number of amides is 2. The fourth-order valence-electron chi connectivity index (χ4n) is 4.94. The minimum absolute atomic E-state index is 0.0254. The Balaban J connectivity index is 1.75. The van der Waals surface area contributed by atoms with Gasteiger partial charge in [0.1, 0.15) is 12.6 Å². The third-order valence-corrected chi connectivity index (χ3v) is 9.88. The van der Waals surface area contributed by atoms with E-state index in [4.69, 9.17) is 11.6 Å². The van der Waals surface area contributed by atoms with E-state index in [1.54, 1.807) is 37.3 Å². The number of anilines is 1. The summed E-state index contributed by atoms with van der Waals surface area (Å²) in [5, 5.41) is 2.35. The Kier molecular flexibility index (Phi) is 10.4. The van der Waals surface area contributed by atoms with Crippen molar-refractivity contribution in [2.45, 2.75) is 62.3 Å². The standard InChI is InChI=1S/C30H30BrClF3N3O4S/c1-20(29(40)36-23-10-5-6-11-23)37(18-21-8-7-9-22(31)16-21)28(39)19-38(43(41,42)25-12-3-2-4-13-25)24-14-15-27(32)26(17-24)30(33,34)35/h2-4,7-9,12-17,20,23H,5-6,10-11,18-19H2,1H3,(H,36,40). The van der Waals surface area contributed by atoms with Crippen LogP contribution in [-0.4, -0.2) is 43.8 Å². The summed E-state index contributed by atoms with van der Waals surface area (Å²) in [7, 11) is -4.53. The van der Waals surface area contributed by atoms with Crippen LogP contribution in [0.5, 0.6) is 0 Å². The summed E-state index contributed by atoms with van der Waals surface area (Å²) in [5.74, 6) is -1.18. The number of nitrogens with zero attached hydrogens (tertiary/aromatic N) is 2. The molecule has 1 aliphatic rings. The summed E-state index contributed by atoms with van der Waals surface area (Å²) in [6, 6.07) is 15.7. The van der Waals surface area contributed by atoms with Gasteiger partial charge in [0, 0.05) is 17.1 Å². The maximum atomic E-state index is 14.0. The minimum atomic E-state index is -4.88. The number of carbonyl (C=O) groups is 2. The number of rotatable bonds is 10. The zero-order valence-corrected chi connectivity index (χ0v) is 26.3. The first-order valence-corrected chi connectivity index (χ1v) is 16.2. The highest BCUT2D eigenvalue weighted by Gasteiger charge is 2.37. The molecule has 4 rings (SSSR count). The average molecular weight is 701 g/mol. The van der Waals surface area contributed by atoms with Crippen LogP contribution < -0.4 is 9.62 Å². The monoisotopic (exact) mass is 699 g/mol. The molecule has 0 radical (unpaired) electrons. The van der Waals surface area contributed by atoms with E-state index in [9.17, 15) is 31.2 Å². The van der Waals surface area contributed by atoms with E-state index < -0.39 is 56.9 Å². The molecular formula is C30H30BrClF3N3O4S. The maximum absolute atomic E-state index is 14.0. The molecule has 13 heteroatoms. The van der Waals surface area contributed by atoms with Crippen molar-refractivity contribution in [3.63, 3.8) is 0 Å². The number of halogens is 5. The number of hydrogen-bond acceptors (Lipinski definition) is 4. The Bertz CT molecular complexity index is 1570. The van der Waals surface area contributed by atoms with E-state index >= 15 is 0 Å². The molecule has 3 aromatic rings. The van der Waals surface area contributed by atoms with Crippen molar-refractivity contribution in [1.29, 1.82) is 0 Å². The van der Waals surface area contributed by atoms with Gasteiger partial charge in [0.05, 0.1) is 21.2 Å². The molecule has 1 fully saturated rings. The van der Waals surface area contributed by atoms with E-state index in [0.29, 0.717) is 15.9 Å². The molecule has 1 unspecified atom stereocenters. The number of alkyl halides is 3. The van der Waals surface area contributed by atoms with Crippen molar-refractivity contribution in [2.75, 3.05) is 10.8 Å². The fraction of sp³-hybridized carbons (Fsp3) is 0.333. The summed E-state index contributed by atoms with van der Waals surface area (Å²) in [5.41, 5.74) is -0.992. The lowest BCUT2D eigenvalue weighted by atomic mass is 10.1. The van der Waals surface area contributed by atoms with Crippen LogP contribution in [0.1, 0.15) is 43.7 Å². The lowest BCUT2D eigenvalue weighted by Gasteiger charge is -2.32. The third-order valence-electron chi connectivity index (χ3n) is 7.26. The lowest BCUT2D eigenvalue weighted by Crippen LogP contribution is -2.52. The van der Waals surface area contributed by atoms with Gasteiger partial charge in [0.15, 0.2) is 0 Å². The quantitative estimate of drug-likeness (QED) is 0.252. The number of nitrogens with one attached hydrogen (secondary N) is 1. The van der Waals surface area contributed by atoms with Crippen molar-refractivity contribution in [1.82, 2.24) is 10.2 Å². The van der Waals surface area contributed by atoms with Crippen LogP contribution >= 0.6 is 27.5 Å². The molecule has 0 spiro atoms. The number of sulfonamides is 1. The second kappa shape index (κ2) is 13.7. The molecule has 7 nitrogen and oxygen atoms in total. The van der Waals surface area contributed by atoms with Gasteiger partial charge in [-0.05, 0) is 67.8 Å². The molecule has 2 amide bonds. The second-order valence-corrected chi connectivity index (χ2v) is 13.5. The third kappa shape index (κ3) is 8.10. The zero-order chi connectivity index (χ0) is 31.4. The van der Waals surface area contributed by atoms with Gasteiger partial charge in [0.2, 0.25) is 11.8 Å². The largest absolute Gasteiger partial charge is 0.417 e. The minimum Gasteiger partial charge on any atom is -0.352 e. The average Bonchev–Trinajstić information content (AvgIpc) is 3.47. The fourth-order valence-corrected chi connectivity index (χ4v) is 7.04. The highest BCUT2D eigenvalue weighted by Crippen LogP contribution is 2.38. The van der Waals surface area contributed by atoms with Crippen LogP contribution in [0, 0.1) is 0 Å². The van der Waals surface area contributed by atoms with Crippen molar-refractivity contribution in [3.8, 4) is 0 Å². The number of hydrogen-bond donors (Lipinski definition) is 1. The van der Waals surface area contributed by atoms with Gasteiger partial charge in [0.25, 0.3) is 10.0 Å². The Hall–Kier alpha value is -3.09. The smallest absolute Gasteiger partial charge is 0.352 e. The topological polar surface area (TPSA) is 86.8 Å². The van der Waals surface area contributed by atoms with Gasteiger partial charge in [-0.1, -0.05) is 70.7 Å².